The second kappa shape index (κ2) is 3.89. The van der Waals surface area contributed by atoms with Gasteiger partial charge in [0.2, 0.25) is 0 Å². The zero-order chi connectivity index (χ0) is 10.8. The van der Waals surface area contributed by atoms with Crippen LogP contribution < -0.4 is 10.3 Å². The second-order valence-corrected chi connectivity index (χ2v) is 3.61. The van der Waals surface area contributed by atoms with Gasteiger partial charge in [-0.3, -0.25) is 4.79 Å². The summed E-state index contributed by atoms with van der Waals surface area (Å²) in [5.41, 5.74) is 3.29. The van der Waals surface area contributed by atoms with E-state index in [1.54, 1.807) is 6.07 Å². The quantitative estimate of drug-likeness (QED) is 0.757. The lowest BCUT2D eigenvalue weighted by atomic mass is 10.1. The number of hydrogen-bond acceptors (Lipinski definition) is 2. The van der Waals surface area contributed by atoms with Gasteiger partial charge in [-0.25, -0.2) is 0 Å². The van der Waals surface area contributed by atoms with E-state index in [0.717, 1.165) is 24.2 Å². The molecule has 0 atom stereocenters. The molecule has 2 nitrogen and oxygen atoms in total. The van der Waals surface area contributed by atoms with E-state index in [2.05, 4.69) is 24.8 Å². The molecule has 0 bridgehead atoms. The Morgan fingerprint density at radius 2 is 1.67 bits per heavy atom. The molecule has 0 spiro atoms. The van der Waals surface area contributed by atoms with E-state index in [4.69, 9.17) is 0 Å². The van der Waals surface area contributed by atoms with E-state index in [9.17, 15) is 4.79 Å². The molecule has 0 aliphatic rings. The maximum absolute atomic E-state index is 11.1. The van der Waals surface area contributed by atoms with Gasteiger partial charge in [-0.1, -0.05) is 18.2 Å². The van der Waals surface area contributed by atoms with Crippen molar-refractivity contribution in [3.05, 3.63) is 40.6 Å². The van der Waals surface area contributed by atoms with Crippen LogP contribution in [0.3, 0.4) is 0 Å². The average molecular weight is 201 g/mol. The van der Waals surface area contributed by atoms with Gasteiger partial charge < -0.3 is 4.90 Å². The highest BCUT2D eigenvalue weighted by Crippen LogP contribution is 2.30. The van der Waals surface area contributed by atoms with Gasteiger partial charge in [0.25, 0.3) is 0 Å². The predicted octanol–water partition coefficient (Wildman–Crippen LogP) is 2.44. The minimum absolute atomic E-state index is 0.176. The summed E-state index contributed by atoms with van der Waals surface area (Å²) in [5.74, 6) is 0. The summed E-state index contributed by atoms with van der Waals surface area (Å²) in [7, 11) is 0. The van der Waals surface area contributed by atoms with Crippen molar-refractivity contribution in [2.75, 3.05) is 18.0 Å². The molecule has 78 valence electrons. The Kier molecular flexibility index (Phi) is 2.58. The first-order valence-electron chi connectivity index (χ1n) is 5.38. The summed E-state index contributed by atoms with van der Waals surface area (Å²) < 4.78 is 0. The number of rotatable bonds is 4. The molecule has 2 aromatic rings. The van der Waals surface area contributed by atoms with Gasteiger partial charge in [0.15, 0.2) is 5.43 Å². The van der Waals surface area contributed by atoms with Crippen molar-refractivity contribution in [1.82, 2.24) is 0 Å². The van der Waals surface area contributed by atoms with Crippen molar-refractivity contribution in [3.63, 3.8) is 0 Å². The zero-order valence-corrected chi connectivity index (χ0v) is 9.16. The molecule has 0 fully saturated rings. The first-order chi connectivity index (χ1) is 7.27. The zero-order valence-electron chi connectivity index (χ0n) is 9.16. The molecule has 0 aromatic heterocycles. The van der Waals surface area contributed by atoms with Crippen LogP contribution in [0.15, 0.2) is 35.1 Å². The monoisotopic (exact) mass is 201 g/mol. The summed E-state index contributed by atoms with van der Waals surface area (Å²) in [6.07, 6.45) is 0. The number of hydrogen-bond donors (Lipinski definition) is 0. The average Bonchev–Trinajstić information content (AvgIpc) is 2.98. The summed E-state index contributed by atoms with van der Waals surface area (Å²) in [6.45, 7) is 6.19. The Morgan fingerprint density at radius 1 is 1.07 bits per heavy atom. The van der Waals surface area contributed by atoms with Gasteiger partial charge in [-0.05, 0) is 26.0 Å². The van der Waals surface area contributed by atoms with Gasteiger partial charge in [-0.15, -0.1) is 0 Å². The molecule has 0 amide bonds. The van der Waals surface area contributed by atoms with Crippen molar-refractivity contribution in [3.8, 4) is 11.1 Å². The molecule has 0 unspecified atom stereocenters. The van der Waals surface area contributed by atoms with Crippen LogP contribution in [0.5, 0.6) is 0 Å². The molecule has 0 saturated heterocycles. The minimum atomic E-state index is 0.176. The summed E-state index contributed by atoms with van der Waals surface area (Å²) >= 11 is 0. The van der Waals surface area contributed by atoms with Gasteiger partial charge in [0.1, 0.15) is 0 Å². The first kappa shape index (κ1) is 9.97. The van der Waals surface area contributed by atoms with E-state index < -0.39 is 0 Å². The molecule has 15 heavy (non-hydrogen) atoms. The Bertz CT molecular complexity index is 462. The highest BCUT2D eigenvalue weighted by molar-refractivity contribution is 5.82. The molecule has 0 aliphatic heterocycles. The van der Waals surface area contributed by atoms with E-state index in [1.165, 1.54) is 5.69 Å². The standard InChI is InChI=1S/C13H15NO/c1-3-14(4-2)12-8-6-5-7-10(12)11-9-13(11)15/h5-9H,3-4H2,1-2H3. The topological polar surface area (TPSA) is 20.3 Å². The van der Waals surface area contributed by atoms with Gasteiger partial charge in [-0.2, -0.15) is 0 Å². The van der Waals surface area contributed by atoms with Crippen molar-refractivity contribution in [2.24, 2.45) is 0 Å². The van der Waals surface area contributed by atoms with Crippen LogP contribution >= 0.6 is 0 Å². The predicted molar refractivity (Wildman–Crippen MR) is 64.1 cm³/mol. The largest absolute Gasteiger partial charge is 0.372 e. The Labute approximate surface area is 89.8 Å². The molecular weight excluding hydrogens is 186 g/mol. The molecule has 0 aliphatic carbocycles. The Hall–Kier alpha value is -1.57. The number of benzene rings is 1. The molecule has 2 rings (SSSR count). The van der Waals surface area contributed by atoms with Crippen LogP contribution in [0.2, 0.25) is 0 Å². The van der Waals surface area contributed by atoms with Crippen LogP contribution in [0.25, 0.3) is 11.1 Å². The maximum Gasteiger partial charge on any atom is 0.187 e. The molecule has 2 heteroatoms. The number of anilines is 1. The first-order valence-corrected chi connectivity index (χ1v) is 5.38. The fourth-order valence-corrected chi connectivity index (χ4v) is 1.85. The number of para-hydroxylation sites is 1. The van der Waals surface area contributed by atoms with Crippen molar-refractivity contribution in [1.29, 1.82) is 0 Å². The van der Waals surface area contributed by atoms with Crippen LogP contribution in [-0.2, 0) is 0 Å². The fourth-order valence-electron chi connectivity index (χ4n) is 1.85. The minimum Gasteiger partial charge on any atom is -0.372 e. The van der Waals surface area contributed by atoms with Crippen LogP contribution in [0, 0.1) is 0 Å². The Balaban J connectivity index is 2.42. The SMILES string of the molecule is CCN(CC)c1ccccc1-c1cc1=O. The van der Waals surface area contributed by atoms with Crippen molar-refractivity contribution in [2.45, 2.75) is 13.8 Å². The third-order valence-corrected chi connectivity index (χ3v) is 2.76. The van der Waals surface area contributed by atoms with Crippen LogP contribution in [-0.4, -0.2) is 13.1 Å². The lowest BCUT2D eigenvalue weighted by Crippen LogP contribution is -2.22. The van der Waals surface area contributed by atoms with Crippen molar-refractivity contribution < 1.29 is 0 Å². The lowest BCUT2D eigenvalue weighted by Gasteiger charge is -2.23. The third-order valence-electron chi connectivity index (χ3n) is 2.76. The molecule has 0 heterocycles. The summed E-state index contributed by atoms with van der Waals surface area (Å²) in [5, 5.41) is 0. The summed E-state index contributed by atoms with van der Waals surface area (Å²) in [4.78, 5) is 13.4. The van der Waals surface area contributed by atoms with E-state index in [1.807, 2.05) is 18.2 Å². The normalized spacial score (nSPS) is 10.8. The van der Waals surface area contributed by atoms with Crippen LogP contribution in [0.4, 0.5) is 5.69 Å². The second-order valence-electron chi connectivity index (χ2n) is 3.61. The lowest BCUT2D eigenvalue weighted by molar-refractivity contribution is 0.867. The number of nitrogens with zero attached hydrogens (tertiary/aromatic N) is 1. The van der Waals surface area contributed by atoms with E-state index in [-0.39, 0.29) is 5.43 Å². The van der Waals surface area contributed by atoms with E-state index >= 15 is 0 Å². The summed E-state index contributed by atoms with van der Waals surface area (Å²) in [6, 6.07) is 9.79. The fraction of sp³-hybridized carbons (Fsp3) is 0.308. The molecule has 0 saturated carbocycles. The van der Waals surface area contributed by atoms with E-state index in [0.29, 0.717) is 0 Å². The highest BCUT2D eigenvalue weighted by Gasteiger charge is 2.16. The smallest absolute Gasteiger partial charge is 0.187 e. The molecule has 2 aromatic carbocycles. The van der Waals surface area contributed by atoms with Gasteiger partial charge in [0, 0.05) is 29.9 Å². The highest BCUT2D eigenvalue weighted by atomic mass is 16.1. The third kappa shape index (κ3) is 1.80. The van der Waals surface area contributed by atoms with Gasteiger partial charge >= 0.3 is 0 Å². The van der Waals surface area contributed by atoms with Crippen molar-refractivity contribution >= 4 is 5.69 Å². The van der Waals surface area contributed by atoms with Gasteiger partial charge in [0.05, 0.1) is 0 Å². The Morgan fingerprint density at radius 3 is 2.20 bits per heavy atom. The molecular formula is C13H15NO. The maximum atomic E-state index is 11.1. The molecule has 0 radical (unpaired) electrons. The molecule has 0 N–H and O–H groups in total. The van der Waals surface area contributed by atoms with Crippen LogP contribution in [0.1, 0.15) is 13.8 Å².